The Hall–Kier alpha value is -1.88. The third kappa shape index (κ3) is 4.06. The molecular weight excluding hydrogens is 244 g/mol. The van der Waals surface area contributed by atoms with Crippen LogP contribution in [0, 0.1) is 0 Å². The molecule has 1 heterocycles. The molecule has 1 atom stereocenters. The zero-order valence-corrected chi connectivity index (χ0v) is 10.7. The third-order valence-corrected chi connectivity index (χ3v) is 3.23. The minimum absolute atomic E-state index is 0.00390. The second-order valence-electron chi connectivity index (χ2n) is 4.73. The van der Waals surface area contributed by atoms with Crippen molar-refractivity contribution in [1.82, 2.24) is 5.32 Å². The summed E-state index contributed by atoms with van der Waals surface area (Å²) in [7, 11) is 0. The van der Waals surface area contributed by atoms with Gasteiger partial charge in [0.1, 0.15) is 0 Å². The molecule has 2 rings (SSSR count). The Kier molecular flexibility index (Phi) is 4.52. The monoisotopic (exact) mass is 262 g/mol. The van der Waals surface area contributed by atoms with Crippen LogP contribution in [0.4, 0.5) is 5.69 Å². The summed E-state index contributed by atoms with van der Waals surface area (Å²) in [5.74, 6) is -0.805. The first-order valence-electron chi connectivity index (χ1n) is 6.50. The smallest absolute Gasteiger partial charge is 0.303 e. The molecule has 102 valence electrons. The lowest BCUT2D eigenvalue weighted by molar-refractivity contribution is -0.137. The van der Waals surface area contributed by atoms with Crippen molar-refractivity contribution in [2.24, 2.45) is 0 Å². The Morgan fingerprint density at radius 3 is 2.63 bits per heavy atom. The molecule has 0 aliphatic carbocycles. The number of carboxylic acid groups (broad SMARTS) is 1. The molecule has 0 aromatic heterocycles. The van der Waals surface area contributed by atoms with Crippen LogP contribution in [0.15, 0.2) is 24.3 Å². The number of rotatable bonds is 5. The van der Waals surface area contributed by atoms with Crippen molar-refractivity contribution >= 4 is 17.6 Å². The van der Waals surface area contributed by atoms with Crippen LogP contribution in [0.25, 0.3) is 0 Å². The van der Waals surface area contributed by atoms with E-state index in [0.717, 1.165) is 30.6 Å². The van der Waals surface area contributed by atoms with Gasteiger partial charge in [-0.1, -0.05) is 12.1 Å². The molecule has 1 unspecified atom stereocenters. The second kappa shape index (κ2) is 6.33. The summed E-state index contributed by atoms with van der Waals surface area (Å²) in [6.45, 7) is 0.895. The van der Waals surface area contributed by atoms with Crippen LogP contribution < -0.4 is 10.6 Å². The summed E-state index contributed by atoms with van der Waals surface area (Å²) < 4.78 is 0. The maximum absolute atomic E-state index is 11.9. The van der Waals surface area contributed by atoms with Gasteiger partial charge in [0.2, 0.25) is 5.91 Å². The fourth-order valence-electron chi connectivity index (χ4n) is 2.14. The quantitative estimate of drug-likeness (QED) is 0.749. The molecule has 0 spiro atoms. The first kappa shape index (κ1) is 13.5. The van der Waals surface area contributed by atoms with Gasteiger partial charge in [-0.2, -0.15) is 0 Å². The lowest BCUT2D eigenvalue weighted by Crippen LogP contribution is -2.35. The van der Waals surface area contributed by atoms with Gasteiger partial charge < -0.3 is 15.7 Å². The van der Waals surface area contributed by atoms with Crippen LogP contribution in [0.1, 0.15) is 24.8 Å². The molecule has 1 saturated heterocycles. The number of aliphatic carboxylic acids is 1. The summed E-state index contributed by atoms with van der Waals surface area (Å²) in [5.41, 5.74) is 1.71. The summed E-state index contributed by atoms with van der Waals surface area (Å²) in [5, 5.41) is 14.6. The van der Waals surface area contributed by atoms with Crippen LogP contribution in [-0.2, 0) is 16.0 Å². The average Bonchev–Trinajstić information content (AvgIpc) is 2.92. The van der Waals surface area contributed by atoms with Crippen LogP contribution in [0.2, 0.25) is 0 Å². The third-order valence-electron chi connectivity index (χ3n) is 3.23. The number of nitrogens with one attached hydrogen (secondary N) is 2. The molecule has 1 amide bonds. The summed E-state index contributed by atoms with van der Waals surface area (Å²) in [4.78, 5) is 22.3. The number of hydrogen-bond donors (Lipinski definition) is 3. The maximum Gasteiger partial charge on any atom is 0.303 e. The van der Waals surface area contributed by atoms with Crippen molar-refractivity contribution in [3.63, 3.8) is 0 Å². The molecular formula is C14H18N2O3. The van der Waals surface area contributed by atoms with Gasteiger partial charge in [-0.25, -0.2) is 0 Å². The van der Waals surface area contributed by atoms with Crippen molar-refractivity contribution in [2.45, 2.75) is 31.7 Å². The van der Waals surface area contributed by atoms with Crippen LogP contribution in [0.3, 0.4) is 0 Å². The molecule has 1 aromatic rings. The number of anilines is 1. The number of carbonyl (C=O) groups is 2. The van der Waals surface area contributed by atoms with E-state index in [1.807, 2.05) is 24.3 Å². The second-order valence-corrected chi connectivity index (χ2v) is 4.73. The number of carboxylic acids is 1. The van der Waals surface area contributed by atoms with Gasteiger partial charge in [-0.15, -0.1) is 0 Å². The fourth-order valence-corrected chi connectivity index (χ4v) is 2.14. The first-order valence-corrected chi connectivity index (χ1v) is 6.50. The zero-order valence-electron chi connectivity index (χ0n) is 10.7. The Morgan fingerprint density at radius 1 is 1.32 bits per heavy atom. The number of hydrogen-bond acceptors (Lipinski definition) is 3. The predicted molar refractivity (Wildman–Crippen MR) is 72.1 cm³/mol. The van der Waals surface area contributed by atoms with Gasteiger partial charge >= 0.3 is 5.97 Å². The summed E-state index contributed by atoms with van der Waals surface area (Å²) in [6.07, 6.45) is 2.54. The molecule has 5 heteroatoms. The topological polar surface area (TPSA) is 78.4 Å². The van der Waals surface area contributed by atoms with Crippen molar-refractivity contribution < 1.29 is 14.7 Å². The van der Waals surface area contributed by atoms with Gasteiger partial charge in [0.15, 0.2) is 0 Å². The van der Waals surface area contributed by atoms with Gasteiger partial charge in [0.25, 0.3) is 0 Å². The lowest BCUT2D eigenvalue weighted by Gasteiger charge is -2.11. The van der Waals surface area contributed by atoms with E-state index in [-0.39, 0.29) is 18.4 Å². The van der Waals surface area contributed by atoms with Crippen molar-refractivity contribution in [3.05, 3.63) is 29.8 Å². The minimum atomic E-state index is -0.801. The van der Waals surface area contributed by atoms with Crippen LogP contribution in [0.5, 0.6) is 0 Å². The highest BCUT2D eigenvalue weighted by Gasteiger charge is 2.21. The van der Waals surface area contributed by atoms with E-state index in [2.05, 4.69) is 10.6 Å². The van der Waals surface area contributed by atoms with Crippen molar-refractivity contribution in [2.75, 3.05) is 11.9 Å². The first-order chi connectivity index (χ1) is 9.15. The zero-order chi connectivity index (χ0) is 13.7. The number of carbonyl (C=O) groups excluding carboxylic acids is 1. The summed E-state index contributed by atoms with van der Waals surface area (Å²) in [6, 6.07) is 7.22. The Morgan fingerprint density at radius 2 is 2.05 bits per heavy atom. The van der Waals surface area contributed by atoms with E-state index in [0.29, 0.717) is 6.42 Å². The molecule has 19 heavy (non-hydrogen) atoms. The molecule has 1 aromatic carbocycles. The molecule has 0 saturated carbocycles. The Balaban J connectivity index is 1.87. The van der Waals surface area contributed by atoms with E-state index in [9.17, 15) is 9.59 Å². The van der Waals surface area contributed by atoms with Gasteiger partial charge in [-0.3, -0.25) is 9.59 Å². The highest BCUT2D eigenvalue weighted by Crippen LogP contribution is 2.13. The average molecular weight is 262 g/mol. The fraction of sp³-hybridized carbons (Fsp3) is 0.429. The van der Waals surface area contributed by atoms with E-state index >= 15 is 0 Å². The van der Waals surface area contributed by atoms with Gasteiger partial charge in [0, 0.05) is 12.1 Å². The molecule has 5 nitrogen and oxygen atoms in total. The van der Waals surface area contributed by atoms with Crippen molar-refractivity contribution in [3.8, 4) is 0 Å². The summed E-state index contributed by atoms with van der Waals surface area (Å²) >= 11 is 0. The van der Waals surface area contributed by atoms with E-state index in [1.165, 1.54) is 0 Å². The molecule has 1 aliphatic heterocycles. The van der Waals surface area contributed by atoms with Gasteiger partial charge in [-0.05, 0) is 43.5 Å². The SMILES string of the molecule is O=C(O)CCc1ccc(NC(=O)C2CCCN2)cc1. The Bertz CT molecular complexity index is 450. The normalized spacial score (nSPS) is 18.2. The molecule has 1 aliphatic rings. The molecule has 0 radical (unpaired) electrons. The largest absolute Gasteiger partial charge is 0.481 e. The van der Waals surface area contributed by atoms with E-state index < -0.39 is 5.97 Å². The molecule has 0 bridgehead atoms. The van der Waals surface area contributed by atoms with E-state index in [4.69, 9.17) is 5.11 Å². The lowest BCUT2D eigenvalue weighted by atomic mass is 10.1. The number of aryl methyl sites for hydroxylation is 1. The molecule has 3 N–H and O–H groups in total. The van der Waals surface area contributed by atoms with Crippen LogP contribution >= 0.6 is 0 Å². The minimum Gasteiger partial charge on any atom is -0.481 e. The van der Waals surface area contributed by atoms with Crippen molar-refractivity contribution in [1.29, 1.82) is 0 Å². The predicted octanol–water partition coefficient (Wildman–Crippen LogP) is 1.39. The highest BCUT2D eigenvalue weighted by molar-refractivity contribution is 5.95. The van der Waals surface area contributed by atoms with E-state index in [1.54, 1.807) is 0 Å². The standard InChI is InChI=1S/C14H18N2O3/c17-13(18)8-5-10-3-6-11(7-4-10)16-14(19)12-2-1-9-15-12/h3-4,6-7,12,15H,1-2,5,8-9H2,(H,16,19)(H,17,18). The number of amides is 1. The van der Waals surface area contributed by atoms with Crippen LogP contribution in [-0.4, -0.2) is 29.6 Å². The Labute approximate surface area is 112 Å². The highest BCUT2D eigenvalue weighted by atomic mass is 16.4. The molecule has 1 fully saturated rings. The number of benzene rings is 1. The van der Waals surface area contributed by atoms with Gasteiger partial charge in [0.05, 0.1) is 6.04 Å². The maximum atomic E-state index is 11.9.